The standard InChI is InChI=1S/C6H9ClF3NO/c1-3-11(4(2)12)6(9,10)5(7)8/h5H,3H2,1-2H3. The molecule has 0 aliphatic carbocycles. The molecule has 0 saturated carbocycles. The Kier molecular flexibility index (Phi) is 3.83. The molecular formula is C6H9ClF3NO. The van der Waals surface area contributed by atoms with Gasteiger partial charge < -0.3 is 0 Å². The van der Waals surface area contributed by atoms with Gasteiger partial charge in [-0.3, -0.25) is 9.69 Å². The number of carbonyl (C=O) groups excluding carboxylic acids is 1. The lowest BCUT2D eigenvalue weighted by molar-refractivity contribution is -0.183. The summed E-state index contributed by atoms with van der Waals surface area (Å²) in [5, 5.41) is 0. The summed E-state index contributed by atoms with van der Waals surface area (Å²) in [5.74, 6) is -0.911. The van der Waals surface area contributed by atoms with Gasteiger partial charge in [-0.25, -0.2) is 4.39 Å². The summed E-state index contributed by atoms with van der Waals surface area (Å²) in [7, 11) is 0. The molecule has 0 spiro atoms. The van der Waals surface area contributed by atoms with E-state index in [-0.39, 0.29) is 11.4 Å². The Balaban J connectivity index is 4.59. The largest absolute Gasteiger partial charge is 0.372 e. The molecule has 1 unspecified atom stereocenters. The highest BCUT2D eigenvalue weighted by atomic mass is 35.5. The van der Waals surface area contributed by atoms with Crippen molar-refractivity contribution in [3.05, 3.63) is 0 Å². The van der Waals surface area contributed by atoms with Gasteiger partial charge in [0.25, 0.3) is 5.63 Å². The van der Waals surface area contributed by atoms with Gasteiger partial charge in [0.1, 0.15) is 0 Å². The highest BCUT2D eigenvalue weighted by Gasteiger charge is 2.46. The number of rotatable bonds is 3. The summed E-state index contributed by atoms with van der Waals surface area (Å²) in [6.45, 7) is 1.96. The van der Waals surface area contributed by atoms with Gasteiger partial charge in [0.05, 0.1) is 0 Å². The van der Waals surface area contributed by atoms with Crippen LogP contribution in [-0.4, -0.2) is 29.0 Å². The molecule has 0 saturated heterocycles. The average Bonchev–Trinajstić information content (AvgIpc) is 1.86. The summed E-state index contributed by atoms with van der Waals surface area (Å²) in [6, 6.07) is -3.93. The van der Waals surface area contributed by atoms with Crippen LogP contribution in [0.3, 0.4) is 0 Å². The molecule has 1 atom stereocenters. The number of alkyl halides is 4. The maximum Gasteiger partial charge on any atom is 0.372 e. The van der Waals surface area contributed by atoms with E-state index in [0.717, 1.165) is 6.92 Å². The second kappa shape index (κ2) is 3.98. The first-order valence-corrected chi connectivity index (χ1v) is 3.71. The van der Waals surface area contributed by atoms with E-state index < -0.39 is 17.6 Å². The van der Waals surface area contributed by atoms with Crippen molar-refractivity contribution >= 4 is 17.5 Å². The highest BCUT2D eigenvalue weighted by Crippen LogP contribution is 2.28. The van der Waals surface area contributed by atoms with Gasteiger partial charge in [-0.15, -0.1) is 0 Å². The lowest BCUT2D eigenvalue weighted by atomic mass is 10.4. The van der Waals surface area contributed by atoms with Crippen molar-refractivity contribution in [2.75, 3.05) is 6.54 Å². The van der Waals surface area contributed by atoms with E-state index in [4.69, 9.17) is 0 Å². The molecule has 0 aromatic heterocycles. The Morgan fingerprint density at radius 1 is 1.67 bits per heavy atom. The maximum absolute atomic E-state index is 12.7. The van der Waals surface area contributed by atoms with E-state index in [9.17, 15) is 18.0 Å². The smallest absolute Gasteiger partial charge is 0.281 e. The Hall–Kier alpha value is -0.450. The molecule has 0 fully saturated rings. The van der Waals surface area contributed by atoms with Crippen molar-refractivity contribution < 1.29 is 18.0 Å². The summed E-state index contributed by atoms with van der Waals surface area (Å²) in [5.41, 5.74) is -2.87. The monoisotopic (exact) mass is 203 g/mol. The van der Waals surface area contributed by atoms with Gasteiger partial charge in [-0.1, -0.05) is 11.6 Å². The van der Waals surface area contributed by atoms with Gasteiger partial charge in [0, 0.05) is 13.5 Å². The van der Waals surface area contributed by atoms with Gasteiger partial charge in [-0.05, 0) is 6.92 Å². The molecule has 0 radical (unpaired) electrons. The summed E-state index contributed by atoms with van der Waals surface area (Å²) < 4.78 is 37.4. The van der Waals surface area contributed by atoms with Crippen molar-refractivity contribution in [2.45, 2.75) is 25.5 Å². The molecule has 0 aliphatic heterocycles. The van der Waals surface area contributed by atoms with Crippen molar-refractivity contribution in [3.63, 3.8) is 0 Å². The zero-order chi connectivity index (χ0) is 9.94. The molecule has 0 N–H and O–H groups in total. The zero-order valence-electron chi connectivity index (χ0n) is 6.65. The van der Waals surface area contributed by atoms with Crippen molar-refractivity contribution in [3.8, 4) is 0 Å². The van der Waals surface area contributed by atoms with Crippen LogP contribution in [0.1, 0.15) is 13.8 Å². The van der Waals surface area contributed by atoms with Crippen LogP contribution in [0.4, 0.5) is 13.2 Å². The van der Waals surface area contributed by atoms with Gasteiger partial charge in [0.15, 0.2) is 0 Å². The van der Waals surface area contributed by atoms with Gasteiger partial charge in [-0.2, -0.15) is 8.78 Å². The Bertz CT molecular complexity index is 174. The molecule has 0 rings (SSSR count). The molecule has 0 bridgehead atoms. The van der Waals surface area contributed by atoms with Crippen LogP contribution in [0.5, 0.6) is 0 Å². The molecule has 2 nitrogen and oxygen atoms in total. The lowest BCUT2D eigenvalue weighted by Gasteiger charge is -2.28. The van der Waals surface area contributed by atoms with Crippen molar-refractivity contribution in [2.24, 2.45) is 0 Å². The SMILES string of the molecule is CCN(C(C)=O)C(F)(F)C(F)Cl. The third-order valence-corrected chi connectivity index (χ3v) is 1.58. The minimum atomic E-state index is -3.93. The van der Waals surface area contributed by atoms with E-state index in [1.807, 2.05) is 0 Å². The number of hydrogen-bond donors (Lipinski definition) is 0. The maximum atomic E-state index is 12.7. The molecule has 0 aromatic carbocycles. The first-order valence-electron chi connectivity index (χ1n) is 3.28. The minimum absolute atomic E-state index is 0.0741. The van der Waals surface area contributed by atoms with Crippen molar-refractivity contribution in [1.29, 1.82) is 0 Å². The predicted molar refractivity (Wildman–Crippen MR) is 38.8 cm³/mol. The van der Waals surface area contributed by atoms with Gasteiger partial charge in [0.2, 0.25) is 5.91 Å². The molecule has 0 aliphatic rings. The van der Waals surface area contributed by atoms with E-state index in [2.05, 4.69) is 11.6 Å². The predicted octanol–water partition coefficient (Wildman–Crippen LogP) is 1.98. The number of hydrogen-bond acceptors (Lipinski definition) is 1. The molecule has 1 amide bonds. The Morgan fingerprint density at radius 2 is 2.08 bits per heavy atom. The third-order valence-electron chi connectivity index (χ3n) is 1.32. The van der Waals surface area contributed by atoms with Crippen LogP contribution in [-0.2, 0) is 4.79 Å². The van der Waals surface area contributed by atoms with Crippen molar-refractivity contribution in [1.82, 2.24) is 4.90 Å². The summed E-state index contributed by atoms with van der Waals surface area (Å²) >= 11 is 4.58. The second-order valence-corrected chi connectivity index (χ2v) is 2.53. The second-order valence-electron chi connectivity index (χ2n) is 2.15. The van der Waals surface area contributed by atoms with Crippen LogP contribution in [0, 0.1) is 0 Å². The Labute approximate surface area is 73.3 Å². The average molecular weight is 204 g/mol. The number of halogens is 4. The van der Waals surface area contributed by atoms with E-state index >= 15 is 0 Å². The molecule has 0 heterocycles. The number of amides is 1. The Morgan fingerprint density at radius 3 is 2.17 bits per heavy atom. The fourth-order valence-electron chi connectivity index (χ4n) is 0.761. The molecule has 12 heavy (non-hydrogen) atoms. The number of carbonyl (C=O) groups is 1. The van der Waals surface area contributed by atoms with Crippen LogP contribution < -0.4 is 0 Å². The lowest BCUT2D eigenvalue weighted by Crippen LogP contribution is -2.49. The fourth-order valence-corrected chi connectivity index (χ4v) is 0.879. The molecule has 0 aromatic rings. The molecular weight excluding hydrogens is 195 g/mol. The zero-order valence-corrected chi connectivity index (χ0v) is 7.41. The van der Waals surface area contributed by atoms with E-state index in [1.54, 1.807) is 0 Å². The summed E-state index contributed by atoms with van der Waals surface area (Å²) in [4.78, 5) is 10.6. The van der Waals surface area contributed by atoms with Crippen LogP contribution >= 0.6 is 11.6 Å². The van der Waals surface area contributed by atoms with Crippen LogP contribution in [0.2, 0.25) is 0 Å². The first-order chi connectivity index (χ1) is 5.34. The topological polar surface area (TPSA) is 20.3 Å². The molecule has 72 valence electrons. The quantitative estimate of drug-likeness (QED) is 0.507. The minimum Gasteiger partial charge on any atom is -0.281 e. The van der Waals surface area contributed by atoms with E-state index in [1.165, 1.54) is 6.92 Å². The van der Waals surface area contributed by atoms with Crippen LogP contribution in [0.25, 0.3) is 0 Å². The normalized spacial score (nSPS) is 14.2. The summed E-state index contributed by atoms with van der Waals surface area (Å²) in [6.07, 6.45) is 0. The van der Waals surface area contributed by atoms with Crippen LogP contribution in [0.15, 0.2) is 0 Å². The third kappa shape index (κ3) is 2.27. The number of nitrogens with zero attached hydrogens (tertiary/aromatic N) is 1. The highest BCUT2D eigenvalue weighted by molar-refractivity contribution is 6.20. The van der Waals surface area contributed by atoms with Gasteiger partial charge >= 0.3 is 6.05 Å². The first kappa shape index (κ1) is 11.5. The van der Waals surface area contributed by atoms with E-state index in [0.29, 0.717) is 0 Å². The fraction of sp³-hybridized carbons (Fsp3) is 0.833. The molecule has 6 heteroatoms.